The maximum Gasteiger partial charge on any atom is 0.227 e. The summed E-state index contributed by atoms with van der Waals surface area (Å²) >= 11 is 2.75. The zero-order valence-electron chi connectivity index (χ0n) is 15.1. The summed E-state index contributed by atoms with van der Waals surface area (Å²) < 4.78 is 21.0. The molecule has 5 nitrogen and oxygen atoms in total. The lowest BCUT2D eigenvalue weighted by Crippen LogP contribution is -2.35. The Labute approximate surface area is 165 Å². The summed E-state index contributed by atoms with van der Waals surface area (Å²) in [7, 11) is 1.68. The van der Waals surface area contributed by atoms with Crippen LogP contribution in [0.25, 0.3) is 0 Å². The van der Waals surface area contributed by atoms with Gasteiger partial charge in [-0.2, -0.15) is 0 Å². The summed E-state index contributed by atoms with van der Waals surface area (Å²) in [6.45, 7) is 2.52. The highest BCUT2D eigenvalue weighted by Crippen LogP contribution is 2.41. The summed E-state index contributed by atoms with van der Waals surface area (Å²) in [5.74, 6) is -0.445. The molecule has 27 heavy (non-hydrogen) atoms. The van der Waals surface area contributed by atoms with Gasteiger partial charge in [-0.3, -0.25) is 4.79 Å². The number of amides is 1. The van der Waals surface area contributed by atoms with Crippen LogP contribution in [0.5, 0.6) is 0 Å². The first-order chi connectivity index (χ1) is 12.9. The molecule has 0 aliphatic carbocycles. The van der Waals surface area contributed by atoms with Gasteiger partial charge in [0.1, 0.15) is 5.82 Å². The molecule has 1 aromatic carbocycles. The molecule has 3 heterocycles. The molecule has 1 aromatic heterocycles. The summed E-state index contributed by atoms with van der Waals surface area (Å²) in [5, 5.41) is 10.3. The Bertz CT molecular complexity index is 863. The highest BCUT2D eigenvalue weighted by Gasteiger charge is 2.33. The number of hydrogen-bond acceptors (Lipinski definition) is 6. The number of aliphatic hydroxyl groups excluding tert-OH is 1. The molecule has 0 radical (unpaired) electrons. The summed E-state index contributed by atoms with van der Waals surface area (Å²) in [4.78, 5) is 19.2. The molecule has 4 rings (SSSR count). The van der Waals surface area contributed by atoms with E-state index >= 15 is 0 Å². The van der Waals surface area contributed by atoms with Gasteiger partial charge >= 0.3 is 0 Å². The van der Waals surface area contributed by atoms with Gasteiger partial charge in [-0.05, 0) is 37.5 Å². The Kier molecular flexibility index (Phi) is 5.24. The predicted molar refractivity (Wildman–Crippen MR) is 103 cm³/mol. The number of thiazole rings is 1. The van der Waals surface area contributed by atoms with Crippen LogP contribution < -0.4 is 4.90 Å². The molecule has 0 spiro atoms. The first kappa shape index (κ1) is 18.9. The van der Waals surface area contributed by atoms with E-state index in [9.17, 15) is 14.3 Å². The van der Waals surface area contributed by atoms with Crippen LogP contribution in [-0.2, 0) is 16.0 Å². The van der Waals surface area contributed by atoms with Gasteiger partial charge in [0, 0.05) is 42.8 Å². The first-order valence-electron chi connectivity index (χ1n) is 8.96. The summed E-state index contributed by atoms with van der Waals surface area (Å²) in [6, 6.07) is 3.25. The average molecular weight is 409 g/mol. The van der Waals surface area contributed by atoms with Crippen molar-refractivity contribution < 1.29 is 19.0 Å². The number of halogens is 1. The second-order valence-electron chi connectivity index (χ2n) is 6.95. The molecule has 3 unspecified atom stereocenters. The molecule has 2 aliphatic rings. The predicted octanol–water partition coefficient (Wildman–Crippen LogP) is 3.60. The van der Waals surface area contributed by atoms with Crippen molar-refractivity contribution in [2.24, 2.45) is 0 Å². The molecule has 1 amide bonds. The third-order valence-corrected chi connectivity index (χ3v) is 7.43. The first-order valence-corrected chi connectivity index (χ1v) is 10.6. The number of aliphatic hydroxyl groups is 1. The fourth-order valence-corrected chi connectivity index (χ4v) is 5.95. The van der Waals surface area contributed by atoms with Gasteiger partial charge in [0.25, 0.3) is 0 Å². The number of anilines is 1. The lowest BCUT2D eigenvalue weighted by Gasteiger charge is -2.32. The Morgan fingerprint density at radius 2 is 2.22 bits per heavy atom. The highest BCUT2D eigenvalue weighted by molar-refractivity contribution is 8.01. The minimum Gasteiger partial charge on any atom is -0.392 e. The highest BCUT2D eigenvalue weighted by atomic mass is 32.2. The maximum atomic E-state index is 14.6. The van der Waals surface area contributed by atoms with Gasteiger partial charge in [0.15, 0.2) is 4.34 Å². The fraction of sp³-hybridized carbons (Fsp3) is 0.474. The number of rotatable bonds is 3. The van der Waals surface area contributed by atoms with E-state index in [-0.39, 0.29) is 23.7 Å². The SMILES string of the molecule is CC1OCCC(O)C1c1cnc(Sc2cc3c(cc2F)N(C)C(=O)CC3)s1. The molecule has 1 saturated heterocycles. The second kappa shape index (κ2) is 7.50. The van der Waals surface area contributed by atoms with Crippen LogP contribution in [0.2, 0.25) is 0 Å². The number of ether oxygens (including phenoxy) is 1. The molecule has 1 N–H and O–H groups in total. The van der Waals surface area contributed by atoms with Crippen LogP contribution in [0.1, 0.15) is 36.1 Å². The third kappa shape index (κ3) is 3.63. The third-order valence-electron chi connectivity index (χ3n) is 5.22. The number of carbonyl (C=O) groups is 1. The Morgan fingerprint density at radius 3 is 3.00 bits per heavy atom. The maximum absolute atomic E-state index is 14.6. The monoisotopic (exact) mass is 408 g/mol. The van der Waals surface area contributed by atoms with E-state index in [4.69, 9.17) is 4.74 Å². The molecular weight excluding hydrogens is 387 g/mol. The largest absolute Gasteiger partial charge is 0.392 e. The van der Waals surface area contributed by atoms with Crippen molar-refractivity contribution in [2.45, 2.75) is 53.5 Å². The van der Waals surface area contributed by atoms with Crippen molar-refractivity contribution in [1.82, 2.24) is 4.98 Å². The molecule has 1 fully saturated rings. The molecule has 8 heteroatoms. The van der Waals surface area contributed by atoms with Crippen molar-refractivity contribution >= 4 is 34.7 Å². The number of benzene rings is 1. The lowest BCUT2D eigenvalue weighted by molar-refractivity contribution is -0.118. The fourth-order valence-electron chi connectivity index (χ4n) is 3.68. The van der Waals surface area contributed by atoms with Gasteiger partial charge in [0.05, 0.1) is 17.1 Å². The van der Waals surface area contributed by atoms with Crippen LogP contribution >= 0.6 is 23.1 Å². The second-order valence-corrected chi connectivity index (χ2v) is 9.30. The number of carbonyl (C=O) groups excluding carboxylic acids is 1. The van der Waals surface area contributed by atoms with Crippen molar-refractivity contribution in [2.75, 3.05) is 18.6 Å². The van der Waals surface area contributed by atoms with Crippen molar-refractivity contribution in [3.63, 3.8) is 0 Å². The van der Waals surface area contributed by atoms with Crippen LogP contribution in [0, 0.1) is 5.82 Å². The zero-order chi connectivity index (χ0) is 19.1. The van der Waals surface area contributed by atoms with E-state index in [1.165, 1.54) is 34.1 Å². The quantitative estimate of drug-likeness (QED) is 0.841. The van der Waals surface area contributed by atoms with Crippen molar-refractivity contribution in [1.29, 1.82) is 0 Å². The lowest BCUT2D eigenvalue weighted by atomic mass is 9.91. The van der Waals surface area contributed by atoms with E-state index < -0.39 is 6.10 Å². The van der Waals surface area contributed by atoms with Gasteiger partial charge in [-0.1, -0.05) is 11.8 Å². The molecule has 0 saturated carbocycles. The van der Waals surface area contributed by atoms with E-state index in [1.807, 2.05) is 13.0 Å². The number of nitrogens with zero attached hydrogens (tertiary/aromatic N) is 2. The Morgan fingerprint density at radius 1 is 1.41 bits per heavy atom. The molecular formula is C19H21FN2O3S2. The topological polar surface area (TPSA) is 62.7 Å². The van der Waals surface area contributed by atoms with Crippen LogP contribution in [0.15, 0.2) is 27.6 Å². The van der Waals surface area contributed by atoms with E-state index in [1.54, 1.807) is 13.2 Å². The minimum atomic E-state index is -0.444. The van der Waals surface area contributed by atoms with Gasteiger partial charge in [-0.15, -0.1) is 11.3 Å². The Balaban J connectivity index is 1.57. The number of aromatic nitrogens is 1. The molecule has 2 aliphatic heterocycles. The van der Waals surface area contributed by atoms with E-state index in [0.717, 1.165) is 14.8 Å². The summed E-state index contributed by atoms with van der Waals surface area (Å²) in [6.07, 6.45) is 2.92. The van der Waals surface area contributed by atoms with E-state index in [0.29, 0.717) is 36.5 Å². The Hall–Kier alpha value is -1.48. The van der Waals surface area contributed by atoms with Crippen LogP contribution in [-0.4, -0.2) is 41.9 Å². The van der Waals surface area contributed by atoms with Crippen LogP contribution in [0.4, 0.5) is 10.1 Å². The average Bonchev–Trinajstić information content (AvgIpc) is 3.08. The molecule has 2 aromatic rings. The van der Waals surface area contributed by atoms with Gasteiger partial charge in [-0.25, -0.2) is 9.37 Å². The standard InChI is InChI=1S/C19H21FN2O3S2/c1-10-18(14(23)5-6-25-10)16-9-21-19(27-16)26-15-7-11-3-4-17(24)22(2)13(11)8-12(15)20/h7-10,14,18,23H,3-6H2,1-2H3. The number of aryl methyl sites for hydroxylation is 1. The molecule has 0 bridgehead atoms. The normalized spacial score (nSPS) is 25.6. The van der Waals surface area contributed by atoms with Gasteiger partial charge < -0.3 is 14.7 Å². The smallest absolute Gasteiger partial charge is 0.227 e. The van der Waals surface area contributed by atoms with Crippen molar-refractivity contribution in [3.8, 4) is 0 Å². The molecule has 144 valence electrons. The van der Waals surface area contributed by atoms with Gasteiger partial charge in [0.2, 0.25) is 5.91 Å². The molecule has 3 atom stereocenters. The minimum absolute atomic E-state index is 0.00856. The van der Waals surface area contributed by atoms with Crippen molar-refractivity contribution in [3.05, 3.63) is 34.6 Å². The number of hydrogen-bond donors (Lipinski definition) is 1. The zero-order valence-corrected chi connectivity index (χ0v) is 16.8. The van der Waals surface area contributed by atoms with E-state index in [2.05, 4.69) is 4.98 Å². The van der Waals surface area contributed by atoms with Crippen LogP contribution in [0.3, 0.4) is 0 Å². The number of fused-ring (bicyclic) bond motifs is 1. The summed E-state index contributed by atoms with van der Waals surface area (Å²) in [5.41, 5.74) is 1.62.